The Morgan fingerprint density at radius 3 is 2.33 bits per heavy atom. The minimum atomic E-state index is -4.76. The van der Waals surface area contributed by atoms with Gasteiger partial charge >= 0.3 is 6.36 Å². The fourth-order valence-electron chi connectivity index (χ4n) is 1.45. The fourth-order valence-corrected chi connectivity index (χ4v) is 1.77. The van der Waals surface area contributed by atoms with Gasteiger partial charge in [-0.3, -0.25) is 4.79 Å². The minimum absolute atomic E-state index is 0.199. The van der Waals surface area contributed by atoms with Gasteiger partial charge in [0.1, 0.15) is 11.6 Å². The summed E-state index contributed by atoms with van der Waals surface area (Å²) in [6, 6.07) is 8.02. The first-order valence-electron chi connectivity index (χ1n) is 5.62. The normalized spacial score (nSPS) is 11.0. The van der Waals surface area contributed by atoms with E-state index >= 15 is 0 Å². The summed E-state index contributed by atoms with van der Waals surface area (Å²) in [5.41, 5.74) is 0.199. The molecule has 1 amide bonds. The van der Waals surface area contributed by atoms with Gasteiger partial charge in [0.2, 0.25) is 0 Å². The number of ether oxygens (including phenoxy) is 1. The largest absolute Gasteiger partial charge is 0.573 e. The molecule has 2 aromatic rings. The van der Waals surface area contributed by atoms with E-state index < -0.39 is 12.3 Å². The molecule has 0 fully saturated rings. The zero-order valence-electron chi connectivity index (χ0n) is 10.3. The number of anilines is 1. The number of carbonyl (C=O) groups is 1. The topological polar surface area (TPSA) is 51.2 Å². The highest BCUT2D eigenvalue weighted by atomic mass is 127. The number of hydrogen-bond acceptors (Lipinski definition) is 3. The second kappa shape index (κ2) is 6.29. The van der Waals surface area contributed by atoms with Crippen LogP contribution in [0.2, 0.25) is 0 Å². The third kappa shape index (κ3) is 4.88. The van der Waals surface area contributed by atoms with E-state index in [1.165, 1.54) is 12.1 Å². The van der Waals surface area contributed by atoms with Gasteiger partial charge in [0.05, 0.1) is 0 Å². The van der Waals surface area contributed by atoms with Gasteiger partial charge in [0, 0.05) is 15.3 Å². The molecule has 0 saturated carbocycles. The number of hydrogen-bond donors (Lipinski definition) is 1. The zero-order valence-corrected chi connectivity index (χ0v) is 12.5. The summed E-state index contributed by atoms with van der Waals surface area (Å²) in [4.78, 5) is 15.9. The molecule has 1 aromatic heterocycles. The molecular weight excluding hydrogens is 400 g/mol. The van der Waals surface area contributed by atoms with E-state index in [0.29, 0.717) is 5.82 Å². The van der Waals surface area contributed by atoms with Crippen LogP contribution < -0.4 is 10.1 Å². The third-order valence-corrected chi connectivity index (χ3v) is 2.96. The number of rotatable bonds is 3. The molecule has 0 unspecified atom stereocenters. The smallest absolute Gasteiger partial charge is 0.406 e. The van der Waals surface area contributed by atoms with Gasteiger partial charge in [0.25, 0.3) is 5.91 Å². The van der Waals surface area contributed by atoms with Crippen molar-refractivity contribution in [2.75, 3.05) is 5.32 Å². The molecule has 0 atom stereocenters. The predicted octanol–water partition coefficient (Wildman–Crippen LogP) is 3.84. The Bertz CT molecular complexity index is 627. The summed E-state index contributed by atoms with van der Waals surface area (Å²) < 4.78 is 40.7. The van der Waals surface area contributed by atoms with Crippen LogP contribution in [-0.2, 0) is 0 Å². The molecule has 110 valence electrons. The molecule has 0 spiro atoms. The Morgan fingerprint density at radius 1 is 1.14 bits per heavy atom. The van der Waals surface area contributed by atoms with E-state index in [1.807, 2.05) is 0 Å². The highest BCUT2D eigenvalue weighted by molar-refractivity contribution is 14.1. The van der Waals surface area contributed by atoms with Crippen molar-refractivity contribution in [1.82, 2.24) is 4.98 Å². The predicted molar refractivity (Wildman–Crippen MR) is 78.0 cm³/mol. The van der Waals surface area contributed by atoms with Crippen molar-refractivity contribution in [3.63, 3.8) is 0 Å². The second-order valence-electron chi connectivity index (χ2n) is 3.89. The molecule has 8 heteroatoms. The van der Waals surface area contributed by atoms with Gasteiger partial charge < -0.3 is 10.1 Å². The van der Waals surface area contributed by atoms with Crippen LogP contribution in [0.5, 0.6) is 5.75 Å². The van der Waals surface area contributed by atoms with E-state index in [1.54, 1.807) is 18.3 Å². The van der Waals surface area contributed by atoms with Crippen molar-refractivity contribution in [3.8, 4) is 5.75 Å². The number of benzene rings is 1. The average molecular weight is 408 g/mol. The van der Waals surface area contributed by atoms with Crippen LogP contribution in [0.4, 0.5) is 19.0 Å². The molecule has 2 rings (SSSR count). The summed E-state index contributed by atoms with van der Waals surface area (Å²) in [6.07, 6.45) is -3.18. The van der Waals surface area contributed by atoms with Gasteiger partial charge in [-0.05, 0) is 59.0 Å². The van der Waals surface area contributed by atoms with Gasteiger partial charge in [-0.1, -0.05) is 0 Å². The summed E-state index contributed by atoms with van der Waals surface area (Å²) in [6.45, 7) is 0. The van der Waals surface area contributed by atoms with E-state index in [-0.39, 0.29) is 11.3 Å². The number of aromatic nitrogens is 1. The lowest BCUT2D eigenvalue weighted by atomic mass is 10.2. The third-order valence-electron chi connectivity index (χ3n) is 2.32. The van der Waals surface area contributed by atoms with Crippen molar-refractivity contribution in [1.29, 1.82) is 0 Å². The number of nitrogens with one attached hydrogen (secondary N) is 1. The van der Waals surface area contributed by atoms with E-state index in [0.717, 1.165) is 15.7 Å². The van der Waals surface area contributed by atoms with Gasteiger partial charge in [-0.15, -0.1) is 13.2 Å². The van der Waals surface area contributed by atoms with Crippen molar-refractivity contribution < 1.29 is 22.7 Å². The molecule has 21 heavy (non-hydrogen) atoms. The van der Waals surface area contributed by atoms with Gasteiger partial charge in [-0.2, -0.15) is 0 Å². The molecule has 0 bridgehead atoms. The summed E-state index contributed by atoms with van der Waals surface area (Å²) in [7, 11) is 0. The molecule has 0 aliphatic carbocycles. The van der Waals surface area contributed by atoms with E-state index in [9.17, 15) is 18.0 Å². The zero-order chi connectivity index (χ0) is 15.5. The quantitative estimate of drug-likeness (QED) is 0.786. The molecule has 4 nitrogen and oxygen atoms in total. The highest BCUT2D eigenvalue weighted by Crippen LogP contribution is 2.22. The summed E-state index contributed by atoms with van der Waals surface area (Å²) in [5, 5.41) is 2.54. The number of nitrogens with zero attached hydrogens (tertiary/aromatic N) is 1. The van der Waals surface area contributed by atoms with Crippen LogP contribution in [0, 0.1) is 3.57 Å². The molecule has 0 aliphatic heterocycles. The minimum Gasteiger partial charge on any atom is -0.406 e. The first kappa shape index (κ1) is 15.5. The maximum absolute atomic E-state index is 12.0. The lowest BCUT2D eigenvalue weighted by molar-refractivity contribution is -0.274. The molecular formula is C13H8F3IN2O2. The average Bonchev–Trinajstić information content (AvgIpc) is 2.40. The van der Waals surface area contributed by atoms with Crippen LogP contribution in [-0.4, -0.2) is 17.3 Å². The Labute approximate surface area is 131 Å². The van der Waals surface area contributed by atoms with Crippen molar-refractivity contribution in [2.45, 2.75) is 6.36 Å². The van der Waals surface area contributed by atoms with Crippen molar-refractivity contribution in [2.24, 2.45) is 0 Å². The molecule has 0 aliphatic rings. The summed E-state index contributed by atoms with van der Waals surface area (Å²) in [5.74, 6) is -0.496. The second-order valence-corrected chi connectivity index (χ2v) is 5.13. The number of alkyl halides is 3. The number of amides is 1. The first-order valence-corrected chi connectivity index (χ1v) is 6.70. The first-order chi connectivity index (χ1) is 9.83. The van der Waals surface area contributed by atoms with E-state index in [2.05, 4.69) is 37.6 Å². The Morgan fingerprint density at radius 2 is 1.81 bits per heavy atom. The summed E-state index contributed by atoms with van der Waals surface area (Å²) >= 11 is 2.07. The monoisotopic (exact) mass is 408 g/mol. The molecule has 0 radical (unpaired) electrons. The Kier molecular flexibility index (Phi) is 4.66. The van der Waals surface area contributed by atoms with Crippen molar-refractivity contribution in [3.05, 3.63) is 51.7 Å². The molecule has 1 aromatic carbocycles. The van der Waals surface area contributed by atoms with E-state index in [4.69, 9.17) is 0 Å². The maximum atomic E-state index is 12.0. The van der Waals surface area contributed by atoms with Crippen LogP contribution in [0.1, 0.15) is 10.4 Å². The highest BCUT2D eigenvalue weighted by Gasteiger charge is 2.31. The standard InChI is InChI=1S/C13H8F3IN2O2/c14-13(15,16)21-10-4-1-8(2-5-10)12(20)19-11-6-3-9(17)7-18-11/h1-7H,(H,18,19,20). The maximum Gasteiger partial charge on any atom is 0.573 e. The van der Waals surface area contributed by atoms with Gasteiger partial charge in [0.15, 0.2) is 0 Å². The SMILES string of the molecule is O=C(Nc1ccc(I)cn1)c1ccc(OC(F)(F)F)cc1. The number of pyridine rings is 1. The Balaban J connectivity index is 2.04. The van der Waals surface area contributed by atoms with Gasteiger partial charge in [-0.25, -0.2) is 4.98 Å². The fraction of sp³-hybridized carbons (Fsp3) is 0.0769. The lowest BCUT2D eigenvalue weighted by Crippen LogP contribution is -2.17. The number of carbonyl (C=O) groups excluding carboxylic acids is 1. The number of halogens is 4. The van der Waals surface area contributed by atoms with Crippen molar-refractivity contribution >= 4 is 34.3 Å². The molecule has 0 saturated heterocycles. The Hall–Kier alpha value is -1.84. The molecule has 1 heterocycles. The molecule has 1 N–H and O–H groups in total. The van der Waals surface area contributed by atoms with Crippen LogP contribution in [0.25, 0.3) is 0 Å². The van der Waals surface area contributed by atoms with Crippen LogP contribution >= 0.6 is 22.6 Å². The van der Waals surface area contributed by atoms with Crippen LogP contribution in [0.15, 0.2) is 42.6 Å². The van der Waals surface area contributed by atoms with Crippen LogP contribution in [0.3, 0.4) is 0 Å². The lowest BCUT2D eigenvalue weighted by Gasteiger charge is -2.09.